The van der Waals surface area contributed by atoms with E-state index < -0.39 is 0 Å². The fraction of sp³-hybridized carbons (Fsp3) is 0.538. The zero-order valence-electron chi connectivity index (χ0n) is 11.8. The summed E-state index contributed by atoms with van der Waals surface area (Å²) in [6.07, 6.45) is 5.50. The molecule has 1 unspecified atom stereocenters. The molecule has 2 aromatic rings. The summed E-state index contributed by atoms with van der Waals surface area (Å²) in [6.45, 7) is 5.08. The van der Waals surface area contributed by atoms with E-state index in [0.29, 0.717) is 0 Å². The second-order valence-corrected chi connectivity index (χ2v) is 4.68. The van der Waals surface area contributed by atoms with Gasteiger partial charge in [0.15, 0.2) is 0 Å². The highest BCUT2D eigenvalue weighted by Gasteiger charge is 2.16. The van der Waals surface area contributed by atoms with E-state index in [1.165, 1.54) is 5.69 Å². The van der Waals surface area contributed by atoms with Crippen LogP contribution in [-0.4, -0.2) is 19.3 Å². The topological polar surface area (TPSA) is 73.7 Å². The molecule has 0 saturated heterocycles. The standard InChI is InChI=1S/C13H22N6/c1-4-10-6-11(19(5-2)17-10)7-12(16-14)13-8-18(3)9-15-13/h6,8-9,12,16H,4-5,7,14H2,1-3H3. The Bertz CT molecular complexity index is 527. The molecule has 0 aliphatic rings. The molecule has 0 spiro atoms. The molecule has 0 radical (unpaired) electrons. The number of hydrogen-bond donors (Lipinski definition) is 2. The number of imidazole rings is 1. The molecule has 0 aliphatic carbocycles. The number of hydrogen-bond acceptors (Lipinski definition) is 4. The van der Waals surface area contributed by atoms with Crippen LogP contribution in [0.15, 0.2) is 18.6 Å². The normalized spacial score (nSPS) is 12.8. The van der Waals surface area contributed by atoms with Crippen LogP contribution in [0, 0.1) is 0 Å². The second-order valence-electron chi connectivity index (χ2n) is 4.68. The van der Waals surface area contributed by atoms with E-state index in [2.05, 4.69) is 35.4 Å². The van der Waals surface area contributed by atoms with Gasteiger partial charge in [-0.1, -0.05) is 6.92 Å². The van der Waals surface area contributed by atoms with Crippen LogP contribution in [0.4, 0.5) is 0 Å². The average Bonchev–Trinajstić information content (AvgIpc) is 3.01. The van der Waals surface area contributed by atoms with E-state index in [1.807, 2.05) is 22.5 Å². The first-order valence-electron chi connectivity index (χ1n) is 6.67. The van der Waals surface area contributed by atoms with Gasteiger partial charge in [-0.15, -0.1) is 0 Å². The van der Waals surface area contributed by atoms with Crippen molar-refractivity contribution in [3.8, 4) is 0 Å². The van der Waals surface area contributed by atoms with Crippen molar-refractivity contribution in [3.63, 3.8) is 0 Å². The molecule has 3 N–H and O–H groups in total. The summed E-state index contributed by atoms with van der Waals surface area (Å²) < 4.78 is 3.96. The van der Waals surface area contributed by atoms with Crippen molar-refractivity contribution in [2.75, 3.05) is 0 Å². The predicted molar refractivity (Wildman–Crippen MR) is 74.3 cm³/mol. The van der Waals surface area contributed by atoms with Gasteiger partial charge in [0.2, 0.25) is 0 Å². The van der Waals surface area contributed by atoms with E-state index in [4.69, 9.17) is 5.84 Å². The molecular weight excluding hydrogens is 240 g/mol. The predicted octanol–water partition coefficient (Wildman–Crippen LogP) is 0.946. The minimum Gasteiger partial charge on any atom is -0.340 e. The van der Waals surface area contributed by atoms with Crippen molar-refractivity contribution in [3.05, 3.63) is 35.7 Å². The summed E-state index contributed by atoms with van der Waals surface area (Å²) >= 11 is 0. The summed E-state index contributed by atoms with van der Waals surface area (Å²) in [4.78, 5) is 4.36. The molecule has 104 valence electrons. The molecule has 6 heteroatoms. The Morgan fingerprint density at radius 1 is 1.42 bits per heavy atom. The van der Waals surface area contributed by atoms with E-state index in [-0.39, 0.29) is 6.04 Å². The number of nitrogens with two attached hydrogens (primary N) is 1. The zero-order chi connectivity index (χ0) is 13.8. The minimum atomic E-state index is 0.00732. The quantitative estimate of drug-likeness (QED) is 0.600. The third-order valence-corrected chi connectivity index (χ3v) is 3.27. The van der Waals surface area contributed by atoms with Crippen LogP contribution < -0.4 is 11.3 Å². The van der Waals surface area contributed by atoms with Crippen LogP contribution >= 0.6 is 0 Å². The van der Waals surface area contributed by atoms with Crippen molar-refractivity contribution in [1.29, 1.82) is 0 Å². The Balaban J connectivity index is 2.20. The SMILES string of the molecule is CCc1cc(CC(NN)c2cn(C)cn2)n(CC)n1. The summed E-state index contributed by atoms with van der Waals surface area (Å²) in [5.74, 6) is 5.66. The molecular formula is C13H22N6. The lowest BCUT2D eigenvalue weighted by molar-refractivity contribution is 0.508. The number of aryl methyl sites for hydroxylation is 3. The van der Waals surface area contributed by atoms with Crippen LogP contribution in [0.3, 0.4) is 0 Å². The maximum atomic E-state index is 5.66. The summed E-state index contributed by atoms with van der Waals surface area (Å²) in [5, 5.41) is 4.56. The molecule has 1 atom stereocenters. The first-order chi connectivity index (χ1) is 9.17. The fourth-order valence-electron chi connectivity index (χ4n) is 2.20. The van der Waals surface area contributed by atoms with Crippen LogP contribution in [0.5, 0.6) is 0 Å². The number of hydrazine groups is 1. The third-order valence-electron chi connectivity index (χ3n) is 3.27. The molecule has 6 nitrogen and oxygen atoms in total. The molecule has 2 aromatic heterocycles. The van der Waals surface area contributed by atoms with Crippen molar-refractivity contribution in [2.45, 2.75) is 39.3 Å². The van der Waals surface area contributed by atoms with Crippen LogP contribution in [0.1, 0.15) is 37.0 Å². The van der Waals surface area contributed by atoms with Gasteiger partial charge in [-0.2, -0.15) is 5.10 Å². The Kier molecular flexibility index (Phi) is 4.34. The van der Waals surface area contributed by atoms with Gasteiger partial charge in [0.25, 0.3) is 0 Å². The molecule has 2 rings (SSSR count). The fourth-order valence-corrected chi connectivity index (χ4v) is 2.20. The summed E-state index contributed by atoms with van der Waals surface area (Å²) in [7, 11) is 1.95. The van der Waals surface area contributed by atoms with E-state index >= 15 is 0 Å². The summed E-state index contributed by atoms with van der Waals surface area (Å²) in [6, 6.07) is 2.16. The number of nitrogens with zero attached hydrogens (tertiary/aromatic N) is 4. The van der Waals surface area contributed by atoms with Gasteiger partial charge in [-0.25, -0.2) is 4.98 Å². The Hall–Kier alpha value is -1.66. The maximum absolute atomic E-state index is 5.66. The van der Waals surface area contributed by atoms with Gasteiger partial charge < -0.3 is 4.57 Å². The third kappa shape index (κ3) is 3.02. The van der Waals surface area contributed by atoms with Crippen LogP contribution in [0.2, 0.25) is 0 Å². The first-order valence-corrected chi connectivity index (χ1v) is 6.67. The Morgan fingerprint density at radius 3 is 2.74 bits per heavy atom. The Morgan fingerprint density at radius 2 is 2.21 bits per heavy atom. The number of aromatic nitrogens is 4. The van der Waals surface area contributed by atoms with Gasteiger partial charge in [0.05, 0.1) is 23.8 Å². The summed E-state index contributed by atoms with van der Waals surface area (Å²) in [5.41, 5.74) is 6.10. The van der Waals surface area contributed by atoms with Crippen molar-refractivity contribution < 1.29 is 0 Å². The van der Waals surface area contributed by atoms with Crippen LogP contribution in [0.25, 0.3) is 0 Å². The molecule has 0 aromatic carbocycles. The van der Waals surface area contributed by atoms with Crippen LogP contribution in [-0.2, 0) is 26.4 Å². The van der Waals surface area contributed by atoms with Crippen molar-refractivity contribution >= 4 is 0 Å². The molecule has 2 heterocycles. The van der Waals surface area contributed by atoms with Gasteiger partial charge in [-0.05, 0) is 19.4 Å². The van der Waals surface area contributed by atoms with Gasteiger partial charge in [0, 0.05) is 31.9 Å². The van der Waals surface area contributed by atoms with Gasteiger partial charge >= 0.3 is 0 Å². The lowest BCUT2D eigenvalue weighted by Crippen LogP contribution is -2.30. The lowest BCUT2D eigenvalue weighted by Gasteiger charge is -2.14. The largest absolute Gasteiger partial charge is 0.340 e. The van der Waals surface area contributed by atoms with Crippen molar-refractivity contribution in [1.82, 2.24) is 24.8 Å². The second kappa shape index (κ2) is 5.99. The highest BCUT2D eigenvalue weighted by Crippen LogP contribution is 2.17. The minimum absolute atomic E-state index is 0.00732. The molecule has 0 saturated carbocycles. The first kappa shape index (κ1) is 13.8. The van der Waals surface area contributed by atoms with Crippen molar-refractivity contribution in [2.24, 2.45) is 12.9 Å². The monoisotopic (exact) mass is 262 g/mol. The molecule has 19 heavy (non-hydrogen) atoms. The average molecular weight is 262 g/mol. The number of rotatable bonds is 6. The smallest absolute Gasteiger partial charge is 0.0947 e. The van der Waals surface area contributed by atoms with Gasteiger partial charge in [-0.3, -0.25) is 16.0 Å². The van der Waals surface area contributed by atoms with E-state index in [0.717, 1.165) is 30.8 Å². The zero-order valence-corrected chi connectivity index (χ0v) is 11.8. The number of nitrogens with one attached hydrogen (secondary N) is 1. The Labute approximate surface area is 113 Å². The van der Waals surface area contributed by atoms with Gasteiger partial charge in [0.1, 0.15) is 0 Å². The lowest BCUT2D eigenvalue weighted by atomic mass is 10.1. The highest BCUT2D eigenvalue weighted by molar-refractivity contribution is 5.15. The molecule has 0 aliphatic heterocycles. The molecule has 0 fully saturated rings. The molecule has 0 amide bonds. The van der Waals surface area contributed by atoms with E-state index in [1.54, 1.807) is 6.33 Å². The maximum Gasteiger partial charge on any atom is 0.0947 e. The van der Waals surface area contributed by atoms with E-state index in [9.17, 15) is 0 Å². The highest BCUT2D eigenvalue weighted by atomic mass is 15.3. The molecule has 0 bridgehead atoms.